The summed E-state index contributed by atoms with van der Waals surface area (Å²) in [6, 6.07) is 7.00. The predicted molar refractivity (Wildman–Crippen MR) is 105 cm³/mol. The van der Waals surface area contributed by atoms with E-state index in [0.29, 0.717) is 37.4 Å². The highest BCUT2D eigenvalue weighted by molar-refractivity contribution is 8.09. The zero-order valence-corrected chi connectivity index (χ0v) is 17.9. The van der Waals surface area contributed by atoms with Crippen molar-refractivity contribution in [3.8, 4) is 0 Å². The van der Waals surface area contributed by atoms with Crippen molar-refractivity contribution in [2.24, 2.45) is 11.8 Å². The molecule has 0 radical (unpaired) electrons. The Morgan fingerprint density at radius 3 is 2.24 bits per heavy atom. The first kappa shape index (κ1) is 21.0. The molecule has 0 bridgehead atoms. The minimum Gasteiger partial charge on any atom is -0.330 e. The number of aryl methyl sites for hydroxylation is 1. The summed E-state index contributed by atoms with van der Waals surface area (Å²) in [5, 5.41) is 0. The van der Waals surface area contributed by atoms with Crippen molar-refractivity contribution in [3.63, 3.8) is 0 Å². The lowest BCUT2D eigenvalue weighted by Crippen LogP contribution is -2.29. The molecule has 1 saturated heterocycles. The fourth-order valence-corrected chi connectivity index (χ4v) is 8.03. The Bertz CT molecular complexity index is 711. The molecule has 1 heterocycles. The Kier molecular flexibility index (Phi) is 7.22. The summed E-state index contributed by atoms with van der Waals surface area (Å²) in [6.07, 6.45) is 0.616. The standard InChI is InChI=1S/C17H28NO4PS2/c1-5-21-23(24,22-6-2)13-16-12-18(11-15(16)4)25(19,20)17-9-7-14(3)8-10-17/h7-10,15-16H,5-6,11-13H2,1-4H3/t15?,16-/m1/s1. The van der Waals surface area contributed by atoms with E-state index in [0.717, 1.165) is 5.56 Å². The molecule has 8 heteroatoms. The van der Waals surface area contributed by atoms with Crippen LogP contribution in [0.15, 0.2) is 29.2 Å². The fourth-order valence-electron chi connectivity index (χ4n) is 3.10. The molecule has 142 valence electrons. The summed E-state index contributed by atoms with van der Waals surface area (Å²) in [7, 11) is -3.47. The molecule has 0 aromatic heterocycles. The van der Waals surface area contributed by atoms with Crippen LogP contribution < -0.4 is 0 Å². The molecule has 1 aromatic rings. The Hall–Kier alpha value is -0.300. The van der Waals surface area contributed by atoms with Crippen LogP contribution in [-0.2, 0) is 30.9 Å². The van der Waals surface area contributed by atoms with E-state index < -0.39 is 16.5 Å². The monoisotopic (exact) mass is 405 g/mol. The van der Waals surface area contributed by atoms with Gasteiger partial charge in [-0.1, -0.05) is 24.6 Å². The SMILES string of the molecule is CCOP(=S)(C[C@H]1CN(S(=O)(=O)c2ccc(C)cc2)CC1C)OCC. The molecule has 1 unspecified atom stereocenters. The molecule has 1 aliphatic rings. The lowest BCUT2D eigenvalue weighted by Gasteiger charge is -2.25. The summed E-state index contributed by atoms with van der Waals surface area (Å²) in [4.78, 5) is 0.347. The second kappa shape index (κ2) is 8.59. The van der Waals surface area contributed by atoms with Crippen LogP contribution in [0.3, 0.4) is 0 Å². The fraction of sp³-hybridized carbons (Fsp3) is 0.647. The Morgan fingerprint density at radius 2 is 1.72 bits per heavy atom. The summed E-state index contributed by atoms with van der Waals surface area (Å²) >= 11 is 5.63. The topological polar surface area (TPSA) is 55.8 Å². The zero-order chi connectivity index (χ0) is 18.7. The van der Waals surface area contributed by atoms with E-state index in [1.807, 2.05) is 32.9 Å². The maximum atomic E-state index is 12.9. The Morgan fingerprint density at radius 1 is 1.16 bits per heavy atom. The van der Waals surface area contributed by atoms with Gasteiger partial charge in [-0.25, -0.2) is 8.42 Å². The summed E-state index contributed by atoms with van der Waals surface area (Å²) in [5.74, 6) is 0.382. The smallest absolute Gasteiger partial charge is 0.243 e. The van der Waals surface area contributed by atoms with Crippen LogP contribution in [0, 0.1) is 18.8 Å². The van der Waals surface area contributed by atoms with Crippen LogP contribution in [0.5, 0.6) is 0 Å². The number of hydrogen-bond acceptors (Lipinski definition) is 5. The molecule has 0 saturated carbocycles. The quantitative estimate of drug-likeness (QED) is 0.618. The molecule has 5 nitrogen and oxygen atoms in total. The third-order valence-corrected chi connectivity index (χ3v) is 9.65. The molecular weight excluding hydrogens is 377 g/mol. The highest BCUT2D eigenvalue weighted by atomic mass is 32.5. The van der Waals surface area contributed by atoms with Gasteiger partial charge in [0, 0.05) is 19.3 Å². The first-order valence-electron chi connectivity index (χ1n) is 8.66. The number of nitrogens with zero attached hydrogens (tertiary/aromatic N) is 1. The minimum atomic E-state index is -3.47. The van der Waals surface area contributed by atoms with Gasteiger partial charge in [-0.05, 0) is 56.5 Å². The third-order valence-electron chi connectivity index (χ3n) is 4.50. The number of hydrogen-bond donors (Lipinski definition) is 0. The van der Waals surface area contributed by atoms with Gasteiger partial charge in [0.25, 0.3) is 0 Å². The van der Waals surface area contributed by atoms with Crippen molar-refractivity contribution in [1.29, 1.82) is 0 Å². The van der Waals surface area contributed by atoms with E-state index in [-0.39, 0.29) is 11.8 Å². The third kappa shape index (κ3) is 5.12. The first-order chi connectivity index (χ1) is 11.7. The molecule has 1 aliphatic heterocycles. The number of benzene rings is 1. The van der Waals surface area contributed by atoms with Gasteiger partial charge >= 0.3 is 0 Å². The molecule has 25 heavy (non-hydrogen) atoms. The van der Waals surface area contributed by atoms with E-state index in [1.165, 1.54) is 0 Å². The largest absolute Gasteiger partial charge is 0.330 e. The van der Waals surface area contributed by atoms with Crippen LogP contribution in [0.2, 0.25) is 0 Å². The highest BCUT2D eigenvalue weighted by Crippen LogP contribution is 2.52. The molecule has 2 rings (SSSR count). The first-order valence-corrected chi connectivity index (χ1v) is 12.9. The Labute approximate surface area is 156 Å². The Balaban J connectivity index is 2.14. The van der Waals surface area contributed by atoms with Gasteiger partial charge in [-0.2, -0.15) is 4.31 Å². The zero-order valence-electron chi connectivity index (χ0n) is 15.3. The van der Waals surface area contributed by atoms with Gasteiger partial charge in [0.1, 0.15) is 0 Å². The highest BCUT2D eigenvalue weighted by Gasteiger charge is 2.39. The normalized spacial score (nSPS) is 22.4. The molecule has 0 aliphatic carbocycles. The number of sulfonamides is 1. The van der Waals surface area contributed by atoms with Crippen LogP contribution >= 0.6 is 6.49 Å². The molecule has 0 amide bonds. The average Bonchev–Trinajstić information content (AvgIpc) is 2.89. The van der Waals surface area contributed by atoms with Crippen LogP contribution in [0.4, 0.5) is 0 Å². The van der Waals surface area contributed by atoms with Gasteiger partial charge in [0.15, 0.2) is 6.49 Å². The molecule has 2 atom stereocenters. The summed E-state index contributed by atoms with van der Waals surface area (Å²) in [5.41, 5.74) is 1.04. The van der Waals surface area contributed by atoms with E-state index in [2.05, 4.69) is 6.92 Å². The van der Waals surface area contributed by atoms with E-state index in [9.17, 15) is 8.42 Å². The minimum absolute atomic E-state index is 0.157. The van der Waals surface area contributed by atoms with Crippen LogP contribution in [-0.4, -0.2) is 45.2 Å². The second-order valence-corrected chi connectivity index (χ2v) is 12.2. The lowest BCUT2D eigenvalue weighted by molar-refractivity contribution is 0.260. The maximum Gasteiger partial charge on any atom is 0.243 e. The van der Waals surface area contributed by atoms with Crippen LogP contribution in [0.25, 0.3) is 0 Å². The molecule has 0 spiro atoms. The van der Waals surface area contributed by atoms with E-state index >= 15 is 0 Å². The average molecular weight is 406 g/mol. The van der Waals surface area contributed by atoms with Gasteiger partial charge < -0.3 is 9.05 Å². The van der Waals surface area contributed by atoms with Crippen molar-refractivity contribution in [2.45, 2.75) is 32.6 Å². The molecule has 0 N–H and O–H groups in total. The molecule has 1 fully saturated rings. The van der Waals surface area contributed by atoms with E-state index in [1.54, 1.807) is 16.4 Å². The van der Waals surface area contributed by atoms with Gasteiger partial charge in [0.05, 0.1) is 18.1 Å². The van der Waals surface area contributed by atoms with Crippen molar-refractivity contribution in [1.82, 2.24) is 4.31 Å². The number of rotatable bonds is 8. The van der Waals surface area contributed by atoms with Gasteiger partial charge in [-0.3, -0.25) is 0 Å². The van der Waals surface area contributed by atoms with Gasteiger partial charge in [-0.15, -0.1) is 0 Å². The summed E-state index contributed by atoms with van der Waals surface area (Å²) < 4.78 is 38.8. The van der Waals surface area contributed by atoms with Crippen molar-refractivity contribution in [3.05, 3.63) is 29.8 Å². The predicted octanol–water partition coefficient (Wildman–Crippen LogP) is 3.63. The van der Waals surface area contributed by atoms with Crippen molar-refractivity contribution in [2.75, 3.05) is 32.5 Å². The molecule has 1 aromatic carbocycles. The summed E-state index contributed by atoms with van der Waals surface area (Å²) in [6.45, 7) is 7.50. The van der Waals surface area contributed by atoms with Crippen molar-refractivity contribution >= 4 is 28.3 Å². The maximum absolute atomic E-state index is 12.9. The molecular formula is C17H28NO4PS2. The van der Waals surface area contributed by atoms with Crippen molar-refractivity contribution < 1.29 is 17.5 Å². The second-order valence-electron chi connectivity index (χ2n) is 6.50. The van der Waals surface area contributed by atoms with Crippen LogP contribution in [0.1, 0.15) is 26.3 Å². The van der Waals surface area contributed by atoms with Gasteiger partial charge in [0.2, 0.25) is 10.0 Å². The lowest BCUT2D eigenvalue weighted by atomic mass is 10.0. The van der Waals surface area contributed by atoms with E-state index in [4.69, 9.17) is 20.9 Å².